The summed E-state index contributed by atoms with van der Waals surface area (Å²) >= 11 is 4.64. The minimum absolute atomic E-state index is 0.278. The summed E-state index contributed by atoms with van der Waals surface area (Å²) in [5.41, 5.74) is 0.993. The molecule has 0 aliphatic rings. The molecule has 0 radical (unpaired) electrons. The number of nitrogens with one attached hydrogen (secondary N) is 1. The van der Waals surface area contributed by atoms with Gasteiger partial charge in [0, 0.05) is 20.1 Å². The second-order valence-electron chi connectivity index (χ2n) is 4.76. The maximum Gasteiger partial charge on any atom is 0.350 e. The molecular formula is C17H12BrNO3S. The molecule has 0 atom stereocenters. The summed E-state index contributed by atoms with van der Waals surface area (Å²) in [7, 11) is 1.33. The van der Waals surface area contributed by atoms with E-state index < -0.39 is 5.97 Å². The van der Waals surface area contributed by atoms with Gasteiger partial charge in [-0.1, -0.05) is 40.2 Å². The van der Waals surface area contributed by atoms with Crippen LogP contribution < -0.4 is 5.32 Å². The SMILES string of the molecule is COC(=O)c1sc2ccccc2c1NC(=O)c1cccc(Br)c1. The molecule has 0 spiro atoms. The van der Waals surface area contributed by atoms with Crippen molar-refractivity contribution in [1.29, 1.82) is 0 Å². The van der Waals surface area contributed by atoms with E-state index in [1.807, 2.05) is 30.3 Å². The van der Waals surface area contributed by atoms with Gasteiger partial charge in [0.15, 0.2) is 0 Å². The van der Waals surface area contributed by atoms with Crippen molar-refractivity contribution in [3.8, 4) is 0 Å². The fraction of sp³-hybridized carbons (Fsp3) is 0.0588. The lowest BCUT2D eigenvalue weighted by molar-refractivity contribution is 0.0607. The van der Waals surface area contributed by atoms with Crippen LogP contribution in [0.5, 0.6) is 0 Å². The van der Waals surface area contributed by atoms with Crippen LogP contribution in [0.4, 0.5) is 5.69 Å². The molecule has 1 aromatic heterocycles. The van der Waals surface area contributed by atoms with Crippen LogP contribution in [0.3, 0.4) is 0 Å². The first-order chi connectivity index (χ1) is 11.1. The maximum absolute atomic E-state index is 12.5. The van der Waals surface area contributed by atoms with Gasteiger partial charge in [0.1, 0.15) is 4.88 Å². The molecule has 0 fully saturated rings. The molecular weight excluding hydrogens is 378 g/mol. The van der Waals surface area contributed by atoms with Crippen LogP contribution >= 0.6 is 27.3 Å². The molecule has 0 aliphatic heterocycles. The van der Waals surface area contributed by atoms with Crippen molar-refractivity contribution < 1.29 is 14.3 Å². The molecule has 1 N–H and O–H groups in total. The number of methoxy groups -OCH3 is 1. The number of esters is 1. The second-order valence-corrected chi connectivity index (χ2v) is 6.73. The summed E-state index contributed by atoms with van der Waals surface area (Å²) in [5.74, 6) is -0.740. The predicted octanol–water partition coefficient (Wildman–Crippen LogP) is 4.70. The minimum Gasteiger partial charge on any atom is -0.465 e. The minimum atomic E-state index is -0.462. The standard InChI is InChI=1S/C17H12BrNO3S/c1-22-17(21)15-14(12-7-2-3-8-13(12)23-15)19-16(20)10-5-4-6-11(18)9-10/h2-9H,1H3,(H,19,20). The highest BCUT2D eigenvalue weighted by Gasteiger charge is 2.21. The molecule has 0 unspecified atom stereocenters. The third-order valence-electron chi connectivity index (χ3n) is 3.29. The summed E-state index contributed by atoms with van der Waals surface area (Å²) in [6.07, 6.45) is 0. The highest BCUT2D eigenvalue weighted by molar-refractivity contribution is 9.10. The van der Waals surface area contributed by atoms with Crippen LogP contribution in [0.25, 0.3) is 10.1 Å². The van der Waals surface area contributed by atoms with Crippen LogP contribution in [0, 0.1) is 0 Å². The molecule has 6 heteroatoms. The van der Waals surface area contributed by atoms with E-state index in [2.05, 4.69) is 21.2 Å². The topological polar surface area (TPSA) is 55.4 Å². The number of amides is 1. The van der Waals surface area contributed by atoms with E-state index in [0.717, 1.165) is 14.6 Å². The van der Waals surface area contributed by atoms with Crippen LogP contribution in [0.1, 0.15) is 20.0 Å². The van der Waals surface area contributed by atoms with E-state index >= 15 is 0 Å². The number of thiophene rings is 1. The molecule has 0 bridgehead atoms. The summed E-state index contributed by atoms with van der Waals surface area (Å²) < 4.78 is 6.55. The third kappa shape index (κ3) is 3.13. The van der Waals surface area contributed by atoms with E-state index in [-0.39, 0.29) is 5.91 Å². The van der Waals surface area contributed by atoms with Crippen LogP contribution in [0.2, 0.25) is 0 Å². The fourth-order valence-corrected chi connectivity index (χ4v) is 3.70. The Morgan fingerprint density at radius 3 is 2.65 bits per heavy atom. The van der Waals surface area contributed by atoms with Gasteiger partial charge in [0.05, 0.1) is 12.8 Å². The van der Waals surface area contributed by atoms with Gasteiger partial charge < -0.3 is 10.1 Å². The summed E-state index contributed by atoms with van der Waals surface area (Å²) in [6.45, 7) is 0. The quantitative estimate of drug-likeness (QED) is 0.660. The number of benzene rings is 2. The smallest absolute Gasteiger partial charge is 0.350 e. The molecule has 1 amide bonds. The van der Waals surface area contributed by atoms with Crippen molar-refractivity contribution in [3.63, 3.8) is 0 Å². The molecule has 116 valence electrons. The molecule has 23 heavy (non-hydrogen) atoms. The van der Waals surface area contributed by atoms with Crippen molar-refractivity contribution in [2.45, 2.75) is 0 Å². The number of carbonyl (C=O) groups is 2. The number of ether oxygens (including phenoxy) is 1. The number of rotatable bonds is 3. The average Bonchev–Trinajstić information content (AvgIpc) is 2.93. The highest BCUT2D eigenvalue weighted by atomic mass is 79.9. The number of carbonyl (C=O) groups excluding carboxylic acids is 2. The molecule has 1 heterocycles. The molecule has 3 aromatic rings. The lowest BCUT2D eigenvalue weighted by Gasteiger charge is -2.07. The van der Waals surface area contributed by atoms with Gasteiger partial charge in [-0.25, -0.2) is 4.79 Å². The lowest BCUT2D eigenvalue weighted by atomic mass is 10.2. The Hall–Kier alpha value is -2.18. The Labute approximate surface area is 145 Å². The first-order valence-corrected chi connectivity index (χ1v) is 8.38. The van der Waals surface area contributed by atoms with E-state index in [0.29, 0.717) is 16.1 Å². The van der Waals surface area contributed by atoms with E-state index in [1.54, 1.807) is 18.2 Å². The molecule has 4 nitrogen and oxygen atoms in total. The van der Waals surface area contributed by atoms with E-state index in [4.69, 9.17) is 4.74 Å². The maximum atomic E-state index is 12.5. The van der Waals surface area contributed by atoms with Crippen molar-refractivity contribution in [2.75, 3.05) is 12.4 Å². The van der Waals surface area contributed by atoms with Gasteiger partial charge in [0.2, 0.25) is 0 Å². The highest BCUT2D eigenvalue weighted by Crippen LogP contribution is 2.36. The third-order valence-corrected chi connectivity index (χ3v) is 4.94. The van der Waals surface area contributed by atoms with Crippen molar-refractivity contribution in [1.82, 2.24) is 0 Å². The van der Waals surface area contributed by atoms with Gasteiger partial charge in [-0.3, -0.25) is 4.79 Å². The Morgan fingerprint density at radius 1 is 1.13 bits per heavy atom. The number of hydrogen-bond acceptors (Lipinski definition) is 4. The van der Waals surface area contributed by atoms with E-state index in [1.165, 1.54) is 18.4 Å². The Balaban J connectivity index is 2.04. The predicted molar refractivity (Wildman–Crippen MR) is 95.3 cm³/mol. The zero-order valence-corrected chi connectivity index (χ0v) is 14.5. The summed E-state index contributed by atoms with van der Waals surface area (Å²) in [6, 6.07) is 14.6. The molecule has 0 saturated carbocycles. The zero-order valence-electron chi connectivity index (χ0n) is 12.1. The van der Waals surface area contributed by atoms with Gasteiger partial charge in [-0.05, 0) is 24.3 Å². The van der Waals surface area contributed by atoms with Gasteiger partial charge in [-0.15, -0.1) is 11.3 Å². The molecule has 0 saturated heterocycles. The van der Waals surface area contributed by atoms with Crippen LogP contribution in [-0.2, 0) is 4.74 Å². The van der Waals surface area contributed by atoms with Crippen molar-refractivity contribution >= 4 is 54.9 Å². The summed E-state index contributed by atoms with van der Waals surface area (Å²) in [4.78, 5) is 24.9. The largest absolute Gasteiger partial charge is 0.465 e. The van der Waals surface area contributed by atoms with Gasteiger partial charge in [0.25, 0.3) is 5.91 Å². The first-order valence-electron chi connectivity index (χ1n) is 6.77. The number of anilines is 1. The number of halogens is 1. The van der Waals surface area contributed by atoms with Crippen LogP contribution in [0.15, 0.2) is 53.0 Å². The molecule has 3 rings (SSSR count). The Bertz CT molecular complexity index is 904. The monoisotopic (exact) mass is 389 g/mol. The van der Waals surface area contributed by atoms with Crippen molar-refractivity contribution in [3.05, 3.63) is 63.4 Å². The van der Waals surface area contributed by atoms with Crippen LogP contribution in [-0.4, -0.2) is 19.0 Å². The Kier molecular flexibility index (Phi) is 4.45. The molecule has 2 aromatic carbocycles. The summed E-state index contributed by atoms with van der Waals surface area (Å²) in [5, 5.41) is 3.66. The normalized spacial score (nSPS) is 10.5. The van der Waals surface area contributed by atoms with Gasteiger partial charge >= 0.3 is 5.97 Å². The van der Waals surface area contributed by atoms with E-state index in [9.17, 15) is 9.59 Å². The second kappa shape index (κ2) is 6.52. The molecule has 0 aliphatic carbocycles. The first kappa shape index (κ1) is 15.7. The Morgan fingerprint density at radius 2 is 1.91 bits per heavy atom. The number of hydrogen-bond donors (Lipinski definition) is 1. The van der Waals surface area contributed by atoms with Crippen molar-refractivity contribution in [2.24, 2.45) is 0 Å². The lowest BCUT2D eigenvalue weighted by Crippen LogP contribution is -2.14. The average molecular weight is 390 g/mol. The fourth-order valence-electron chi connectivity index (χ4n) is 2.22. The van der Waals surface area contributed by atoms with Gasteiger partial charge in [-0.2, -0.15) is 0 Å². The number of fused-ring (bicyclic) bond motifs is 1. The zero-order chi connectivity index (χ0) is 16.4.